The van der Waals surface area contributed by atoms with E-state index in [1.165, 1.54) is 0 Å². The average molecular weight is 392 g/mol. The number of alkyl halides is 14. The zero-order valence-electron chi connectivity index (χ0n) is 10.8. The van der Waals surface area contributed by atoms with E-state index in [0.717, 1.165) is 0 Å². The van der Waals surface area contributed by atoms with Crippen molar-refractivity contribution in [3.8, 4) is 0 Å². The second-order valence-corrected chi connectivity index (χ2v) is 5.05. The molecule has 0 aromatic heterocycles. The summed E-state index contributed by atoms with van der Waals surface area (Å²) < 4.78 is 181. The van der Waals surface area contributed by atoms with E-state index < -0.39 is 60.7 Å². The number of hydrogen-bond acceptors (Lipinski definition) is 0. The lowest BCUT2D eigenvalue weighted by Gasteiger charge is -2.49. The van der Waals surface area contributed by atoms with Crippen LogP contribution >= 0.6 is 0 Å². The molecule has 0 nitrogen and oxygen atoms in total. The minimum atomic E-state index is -7.43. The van der Waals surface area contributed by atoms with Crippen LogP contribution in [0, 0.1) is 11.3 Å². The first-order valence-corrected chi connectivity index (χ1v) is 5.83. The van der Waals surface area contributed by atoms with E-state index in [-0.39, 0.29) is 0 Å². The fourth-order valence-electron chi connectivity index (χ4n) is 2.63. The highest BCUT2D eigenvalue weighted by Gasteiger charge is 2.89. The predicted molar refractivity (Wildman–Crippen MR) is 48.6 cm³/mol. The Balaban J connectivity index is 3.78. The predicted octanol–water partition coefficient (Wildman–Crippen LogP) is 4.98. The Morgan fingerprint density at radius 1 is 0.375 bits per heavy atom. The fraction of sp³-hybridized carbons (Fsp3) is 1.00. The molecule has 24 heavy (non-hydrogen) atoms. The molecule has 1 aliphatic carbocycles. The maximum absolute atomic E-state index is 13.5. The molecular weight excluding hydrogens is 386 g/mol. The summed E-state index contributed by atoms with van der Waals surface area (Å²) in [4.78, 5) is 0. The molecule has 0 spiro atoms. The molecule has 0 N–H and O–H groups in total. The van der Waals surface area contributed by atoms with Crippen LogP contribution in [0.2, 0.25) is 0 Å². The smallest absolute Gasteiger partial charge is 0.244 e. The zero-order valence-corrected chi connectivity index (χ0v) is 10.8. The van der Waals surface area contributed by atoms with Crippen molar-refractivity contribution in [3.63, 3.8) is 0 Å². The van der Waals surface area contributed by atoms with Crippen molar-refractivity contribution in [2.75, 3.05) is 0 Å². The molecule has 0 aliphatic heterocycles. The SMILES string of the molecule is FC1C(F)C(F)C(C(C(F)(F)F)(C(F)(F)F)C(F)(F)F)C(F)C1F. The van der Waals surface area contributed by atoms with E-state index in [1.807, 2.05) is 0 Å². The van der Waals surface area contributed by atoms with Crippen molar-refractivity contribution in [1.29, 1.82) is 0 Å². The molecule has 0 aromatic carbocycles. The lowest BCUT2D eigenvalue weighted by atomic mass is 9.64. The minimum Gasteiger partial charge on any atom is -0.244 e. The molecule has 4 unspecified atom stereocenters. The topological polar surface area (TPSA) is 0 Å². The van der Waals surface area contributed by atoms with Crippen LogP contribution in [0.15, 0.2) is 0 Å². The molecule has 0 amide bonds. The Bertz CT molecular complexity index is 394. The second kappa shape index (κ2) is 5.78. The maximum atomic E-state index is 13.5. The molecule has 1 aliphatic rings. The molecule has 0 bridgehead atoms. The quantitative estimate of drug-likeness (QED) is 0.553. The first-order chi connectivity index (χ1) is 10.4. The molecule has 4 atom stereocenters. The van der Waals surface area contributed by atoms with Crippen LogP contribution in [0.25, 0.3) is 0 Å². The van der Waals surface area contributed by atoms with E-state index in [1.54, 1.807) is 0 Å². The molecule has 0 radical (unpaired) electrons. The van der Waals surface area contributed by atoms with Gasteiger partial charge in [0.15, 0.2) is 18.5 Å². The third-order valence-corrected chi connectivity index (χ3v) is 3.74. The summed E-state index contributed by atoms with van der Waals surface area (Å²) in [6.07, 6.45) is -43.5. The van der Waals surface area contributed by atoms with E-state index >= 15 is 0 Å². The maximum Gasteiger partial charge on any atom is 0.412 e. The Kier molecular flexibility index (Phi) is 5.07. The largest absolute Gasteiger partial charge is 0.412 e. The first kappa shape index (κ1) is 21.1. The Morgan fingerprint density at radius 3 is 0.792 bits per heavy atom. The number of halogens is 14. The van der Waals surface area contributed by atoms with Gasteiger partial charge in [-0.2, -0.15) is 39.5 Å². The molecule has 144 valence electrons. The van der Waals surface area contributed by atoms with Gasteiger partial charge in [0.1, 0.15) is 12.3 Å². The van der Waals surface area contributed by atoms with Gasteiger partial charge in [0, 0.05) is 0 Å². The van der Waals surface area contributed by atoms with Gasteiger partial charge in [-0.15, -0.1) is 0 Å². The summed E-state index contributed by atoms with van der Waals surface area (Å²) in [6.45, 7) is 0. The Hall–Kier alpha value is -0.980. The summed E-state index contributed by atoms with van der Waals surface area (Å²) in [5.41, 5.74) is -7.12. The van der Waals surface area contributed by atoms with Gasteiger partial charge in [-0.05, 0) is 0 Å². The van der Waals surface area contributed by atoms with Crippen LogP contribution in [-0.2, 0) is 0 Å². The molecular formula is C10H6F14. The third-order valence-electron chi connectivity index (χ3n) is 3.74. The van der Waals surface area contributed by atoms with Gasteiger partial charge < -0.3 is 0 Å². The zero-order chi connectivity index (χ0) is 19.5. The van der Waals surface area contributed by atoms with Gasteiger partial charge in [0.2, 0.25) is 0 Å². The van der Waals surface area contributed by atoms with E-state index in [9.17, 15) is 61.5 Å². The highest BCUT2D eigenvalue weighted by Crippen LogP contribution is 2.66. The molecule has 0 heterocycles. The van der Waals surface area contributed by atoms with Crippen LogP contribution in [0.1, 0.15) is 0 Å². The van der Waals surface area contributed by atoms with Gasteiger partial charge in [-0.25, -0.2) is 22.0 Å². The average Bonchev–Trinajstić information content (AvgIpc) is 2.34. The van der Waals surface area contributed by atoms with Crippen molar-refractivity contribution < 1.29 is 61.5 Å². The van der Waals surface area contributed by atoms with E-state index in [2.05, 4.69) is 0 Å². The molecule has 1 rings (SSSR count). The van der Waals surface area contributed by atoms with Gasteiger partial charge in [0.05, 0.1) is 5.92 Å². The van der Waals surface area contributed by atoms with Crippen LogP contribution in [0.3, 0.4) is 0 Å². The number of rotatable bonds is 1. The van der Waals surface area contributed by atoms with Crippen molar-refractivity contribution >= 4 is 0 Å². The molecule has 0 aromatic rings. The van der Waals surface area contributed by atoms with E-state index in [0.29, 0.717) is 0 Å². The Morgan fingerprint density at radius 2 is 0.583 bits per heavy atom. The molecule has 1 fully saturated rings. The monoisotopic (exact) mass is 392 g/mol. The normalized spacial score (nSPS) is 36.8. The lowest BCUT2D eigenvalue weighted by molar-refractivity contribution is -0.455. The summed E-state index contributed by atoms with van der Waals surface area (Å²) in [6, 6.07) is 0. The summed E-state index contributed by atoms with van der Waals surface area (Å²) in [7, 11) is 0. The lowest BCUT2D eigenvalue weighted by Crippen LogP contribution is -2.71. The van der Waals surface area contributed by atoms with Crippen LogP contribution in [-0.4, -0.2) is 49.4 Å². The standard InChI is InChI=1S/C10H6F14/c11-2-1(3(12)5(14)6(15)4(2)13)7(8(16,17)18,9(19,20)21)10(22,23)24/h1-6H. The van der Waals surface area contributed by atoms with Gasteiger partial charge >= 0.3 is 18.5 Å². The van der Waals surface area contributed by atoms with Crippen molar-refractivity contribution in [1.82, 2.24) is 0 Å². The van der Waals surface area contributed by atoms with Gasteiger partial charge in [0.25, 0.3) is 5.41 Å². The molecule has 0 saturated heterocycles. The van der Waals surface area contributed by atoms with Gasteiger partial charge in [-0.3, -0.25) is 0 Å². The summed E-state index contributed by atoms with van der Waals surface area (Å²) in [5, 5.41) is 0. The van der Waals surface area contributed by atoms with Crippen molar-refractivity contribution in [2.45, 2.75) is 49.4 Å². The molecule has 1 saturated carbocycles. The third kappa shape index (κ3) is 2.68. The van der Waals surface area contributed by atoms with Gasteiger partial charge in [-0.1, -0.05) is 0 Å². The van der Waals surface area contributed by atoms with E-state index in [4.69, 9.17) is 0 Å². The molecule has 14 heteroatoms. The van der Waals surface area contributed by atoms with Crippen molar-refractivity contribution in [2.24, 2.45) is 11.3 Å². The Labute approximate surface area is 123 Å². The van der Waals surface area contributed by atoms with Crippen LogP contribution < -0.4 is 0 Å². The van der Waals surface area contributed by atoms with Crippen LogP contribution in [0.4, 0.5) is 61.5 Å². The van der Waals surface area contributed by atoms with Crippen LogP contribution in [0.5, 0.6) is 0 Å². The van der Waals surface area contributed by atoms with Crippen molar-refractivity contribution in [3.05, 3.63) is 0 Å². The number of hydrogen-bond donors (Lipinski definition) is 0. The minimum absolute atomic E-state index is 3.86. The summed E-state index contributed by atoms with van der Waals surface area (Å²) >= 11 is 0. The highest BCUT2D eigenvalue weighted by molar-refractivity contribution is 5.13. The summed E-state index contributed by atoms with van der Waals surface area (Å²) in [5.74, 6) is -4.95. The highest BCUT2D eigenvalue weighted by atomic mass is 19.4. The second-order valence-electron chi connectivity index (χ2n) is 5.05. The fourth-order valence-corrected chi connectivity index (χ4v) is 2.63. The first-order valence-electron chi connectivity index (χ1n) is 5.83.